The number of aliphatic carboxylic acids is 2. The Kier molecular flexibility index (Phi) is 4.13. The third kappa shape index (κ3) is 3.53. The minimum absolute atomic E-state index is 0.0327. The predicted octanol–water partition coefficient (Wildman–Crippen LogP) is 0.892. The van der Waals surface area contributed by atoms with Crippen molar-refractivity contribution in [3.05, 3.63) is 42.1 Å². The van der Waals surface area contributed by atoms with E-state index in [0.29, 0.717) is 5.52 Å². The van der Waals surface area contributed by atoms with E-state index in [1.807, 2.05) is 12.1 Å². The van der Waals surface area contributed by atoms with Crippen molar-refractivity contribution in [2.45, 2.75) is 12.5 Å². The number of fused-ring (bicyclic) bond motifs is 1. The van der Waals surface area contributed by atoms with Crippen molar-refractivity contribution in [2.24, 2.45) is 0 Å². The molecule has 0 aliphatic carbocycles. The van der Waals surface area contributed by atoms with E-state index in [2.05, 4.69) is 10.3 Å². The van der Waals surface area contributed by atoms with Crippen molar-refractivity contribution in [3.8, 4) is 0 Å². The lowest BCUT2D eigenvalue weighted by atomic mass is 10.1. The van der Waals surface area contributed by atoms with Crippen LogP contribution < -0.4 is 5.32 Å². The van der Waals surface area contributed by atoms with Gasteiger partial charge in [-0.15, -0.1) is 0 Å². The first-order valence-corrected chi connectivity index (χ1v) is 6.08. The molecular formula is C14H12N2O5. The Morgan fingerprint density at radius 3 is 2.48 bits per heavy atom. The van der Waals surface area contributed by atoms with Crippen LogP contribution in [0.1, 0.15) is 16.9 Å². The molecule has 2 rings (SSSR count). The molecule has 1 aromatic carbocycles. The van der Waals surface area contributed by atoms with Gasteiger partial charge in [0.15, 0.2) is 0 Å². The first-order chi connectivity index (χ1) is 9.97. The second-order valence-corrected chi connectivity index (χ2v) is 4.35. The standard InChI is InChI=1S/C14H12N2O5/c17-12(18)7-11(14(20)21)16-13(19)10-6-5-8-3-1-2-4-9(8)15-10/h1-6,11H,7H2,(H,16,19)(H,17,18)(H,20,21). The van der Waals surface area contributed by atoms with Gasteiger partial charge in [-0.2, -0.15) is 0 Å². The number of para-hydroxylation sites is 1. The van der Waals surface area contributed by atoms with Gasteiger partial charge in [0.1, 0.15) is 11.7 Å². The van der Waals surface area contributed by atoms with Gasteiger partial charge in [-0.3, -0.25) is 9.59 Å². The number of hydrogen-bond acceptors (Lipinski definition) is 4. The minimum Gasteiger partial charge on any atom is -0.481 e. The molecule has 1 amide bonds. The Balaban J connectivity index is 2.20. The van der Waals surface area contributed by atoms with Gasteiger partial charge < -0.3 is 15.5 Å². The Hall–Kier alpha value is -2.96. The fraction of sp³-hybridized carbons (Fsp3) is 0.143. The SMILES string of the molecule is O=C(O)CC(NC(=O)c1ccc2ccccc2n1)C(=O)O. The molecule has 7 heteroatoms. The number of carboxylic acids is 2. The largest absolute Gasteiger partial charge is 0.481 e. The highest BCUT2D eigenvalue weighted by Gasteiger charge is 2.24. The third-order valence-corrected chi connectivity index (χ3v) is 2.81. The first-order valence-electron chi connectivity index (χ1n) is 6.08. The molecule has 0 aliphatic rings. The summed E-state index contributed by atoms with van der Waals surface area (Å²) in [6.07, 6.45) is -0.700. The summed E-state index contributed by atoms with van der Waals surface area (Å²) in [5.74, 6) is -3.45. The van der Waals surface area contributed by atoms with Crippen LogP contribution in [0, 0.1) is 0 Å². The lowest BCUT2D eigenvalue weighted by Gasteiger charge is -2.12. The smallest absolute Gasteiger partial charge is 0.326 e. The Morgan fingerprint density at radius 1 is 1.10 bits per heavy atom. The van der Waals surface area contributed by atoms with Crippen LogP contribution >= 0.6 is 0 Å². The lowest BCUT2D eigenvalue weighted by Crippen LogP contribution is -2.42. The summed E-state index contributed by atoms with van der Waals surface area (Å²) in [7, 11) is 0. The highest BCUT2D eigenvalue weighted by Crippen LogP contribution is 2.11. The van der Waals surface area contributed by atoms with Gasteiger partial charge in [-0.05, 0) is 12.1 Å². The molecule has 2 aromatic rings. The lowest BCUT2D eigenvalue weighted by molar-refractivity contribution is -0.145. The minimum atomic E-state index is -1.50. The number of amides is 1. The van der Waals surface area contributed by atoms with E-state index < -0.39 is 30.3 Å². The number of nitrogens with zero attached hydrogens (tertiary/aromatic N) is 1. The van der Waals surface area contributed by atoms with Crippen LogP contribution in [0.2, 0.25) is 0 Å². The van der Waals surface area contributed by atoms with Gasteiger partial charge in [-0.25, -0.2) is 9.78 Å². The van der Waals surface area contributed by atoms with Crippen LogP contribution in [0.25, 0.3) is 10.9 Å². The van der Waals surface area contributed by atoms with E-state index in [4.69, 9.17) is 10.2 Å². The van der Waals surface area contributed by atoms with E-state index in [0.717, 1.165) is 5.39 Å². The van der Waals surface area contributed by atoms with E-state index in [9.17, 15) is 14.4 Å². The van der Waals surface area contributed by atoms with Crippen molar-refractivity contribution >= 4 is 28.7 Å². The Morgan fingerprint density at radius 2 is 1.81 bits per heavy atom. The first kappa shape index (κ1) is 14.4. The number of benzene rings is 1. The molecule has 0 bridgehead atoms. The highest BCUT2D eigenvalue weighted by atomic mass is 16.4. The topological polar surface area (TPSA) is 117 Å². The van der Waals surface area contributed by atoms with Crippen molar-refractivity contribution < 1.29 is 24.6 Å². The van der Waals surface area contributed by atoms with Crippen molar-refractivity contribution in [3.63, 3.8) is 0 Å². The molecule has 0 saturated carbocycles. The molecule has 7 nitrogen and oxygen atoms in total. The molecule has 108 valence electrons. The molecule has 0 radical (unpaired) electrons. The van der Waals surface area contributed by atoms with Gasteiger partial charge in [-0.1, -0.05) is 24.3 Å². The Bertz CT molecular complexity index is 713. The number of rotatable bonds is 5. The molecule has 3 N–H and O–H groups in total. The Labute approximate surface area is 119 Å². The normalized spacial score (nSPS) is 11.8. The number of nitrogens with one attached hydrogen (secondary N) is 1. The van der Waals surface area contributed by atoms with Crippen LogP contribution in [-0.2, 0) is 9.59 Å². The fourth-order valence-corrected chi connectivity index (χ4v) is 1.80. The highest BCUT2D eigenvalue weighted by molar-refractivity contribution is 5.97. The summed E-state index contributed by atoms with van der Waals surface area (Å²) in [6, 6.07) is 8.79. The molecule has 0 aliphatic heterocycles. The van der Waals surface area contributed by atoms with E-state index in [-0.39, 0.29) is 5.69 Å². The van der Waals surface area contributed by atoms with Crippen LogP contribution in [-0.4, -0.2) is 39.1 Å². The maximum absolute atomic E-state index is 12.0. The maximum atomic E-state index is 12.0. The summed E-state index contributed by atoms with van der Waals surface area (Å²) in [4.78, 5) is 37.6. The van der Waals surface area contributed by atoms with E-state index in [1.54, 1.807) is 18.2 Å². The maximum Gasteiger partial charge on any atom is 0.326 e. The molecule has 1 atom stereocenters. The van der Waals surface area contributed by atoms with Crippen molar-refractivity contribution in [1.29, 1.82) is 0 Å². The number of aromatic nitrogens is 1. The number of pyridine rings is 1. The second kappa shape index (κ2) is 6.00. The predicted molar refractivity (Wildman–Crippen MR) is 72.9 cm³/mol. The molecule has 0 fully saturated rings. The summed E-state index contributed by atoms with van der Waals surface area (Å²) in [5, 5.41) is 20.5. The summed E-state index contributed by atoms with van der Waals surface area (Å²) in [6.45, 7) is 0. The van der Waals surface area contributed by atoms with E-state index >= 15 is 0 Å². The average Bonchev–Trinajstić information content (AvgIpc) is 2.45. The quantitative estimate of drug-likeness (QED) is 0.752. The molecule has 1 aromatic heterocycles. The summed E-state index contributed by atoms with van der Waals surface area (Å²) in [5.41, 5.74) is 0.626. The molecule has 0 saturated heterocycles. The molecule has 1 heterocycles. The van der Waals surface area contributed by atoms with Gasteiger partial charge in [0.25, 0.3) is 5.91 Å². The molecular weight excluding hydrogens is 276 g/mol. The van der Waals surface area contributed by atoms with Gasteiger partial charge >= 0.3 is 11.9 Å². The zero-order valence-corrected chi connectivity index (χ0v) is 10.8. The average molecular weight is 288 g/mol. The number of carbonyl (C=O) groups excluding carboxylic acids is 1. The third-order valence-electron chi connectivity index (χ3n) is 2.81. The number of hydrogen-bond donors (Lipinski definition) is 3. The second-order valence-electron chi connectivity index (χ2n) is 4.35. The van der Waals surface area contributed by atoms with Crippen molar-refractivity contribution in [2.75, 3.05) is 0 Å². The van der Waals surface area contributed by atoms with Crippen LogP contribution in [0.4, 0.5) is 0 Å². The number of carboxylic acid groups (broad SMARTS) is 2. The van der Waals surface area contributed by atoms with Crippen molar-refractivity contribution in [1.82, 2.24) is 10.3 Å². The summed E-state index contributed by atoms with van der Waals surface area (Å²) < 4.78 is 0. The van der Waals surface area contributed by atoms with Gasteiger partial charge in [0, 0.05) is 5.39 Å². The van der Waals surface area contributed by atoms with E-state index in [1.165, 1.54) is 6.07 Å². The molecule has 21 heavy (non-hydrogen) atoms. The zero-order chi connectivity index (χ0) is 15.4. The zero-order valence-electron chi connectivity index (χ0n) is 10.8. The van der Waals surface area contributed by atoms with Crippen LogP contribution in [0.15, 0.2) is 36.4 Å². The van der Waals surface area contributed by atoms with Crippen LogP contribution in [0.5, 0.6) is 0 Å². The number of carbonyl (C=O) groups is 3. The fourth-order valence-electron chi connectivity index (χ4n) is 1.80. The molecule has 1 unspecified atom stereocenters. The van der Waals surface area contributed by atoms with Gasteiger partial charge in [0.2, 0.25) is 0 Å². The van der Waals surface area contributed by atoms with Gasteiger partial charge in [0.05, 0.1) is 11.9 Å². The monoisotopic (exact) mass is 288 g/mol. The summed E-state index contributed by atoms with van der Waals surface area (Å²) >= 11 is 0. The van der Waals surface area contributed by atoms with Crippen LogP contribution in [0.3, 0.4) is 0 Å². The molecule has 0 spiro atoms.